The van der Waals surface area contributed by atoms with Crippen molar-refractivity contribution in [3.8, 4) is 11.3 Å². The highest BCUT2D eigenvalue weighted by Crippen LogP contribution is 2.33. The molecule has 0 saturated carbocycles. The first kappa shape index (κ1) is 16.0. The van der Waals surface area contributed by atoms with Gasteiger partial charge in [-0.25, -0.2) is 9.59 Å². The van der Waals surface area contributed by atoms with Crippen molar-refractivity contribution in [1.82, 2.24) is 5.16 Å². The molecule has 1 N–H and O–H groups in total. The molecule has 1 aliphatic rings. The van der Waals surface area contributed by atoms with Crippen molar-refractivity contribution in [2.75, 3.05) is 11.4 Å². The average Bonchev–Trinajstić information content (AvgIpc) is 3.12. The summed E-state index contributed by atoms with van der Waals surface area (Å²) in [5, 5.41) is 12.4. The second kappa shape index (κ2) is 5.67. The zero-order valence-corrected chi connectivity index (χ0v) is 13.7. The molecule has 2 aromatic rings. The topological polar surface area (TPSA) is 92.9 Å². The van der Waals surface area contributed by atoms with Crippen LogP contribution in [0.4, 0.5) is 10.5 Å². The van der Waals surface area contributed by atoms with E-state index in [-0.39, 0.29) is 11.8 Å². The molecule has 7 heteroatoms. The fourth-order valence-corrected chi connectivity index (χ4v) is 2.57. The molecule has 0 atom stereocenters. The third-order valence-electron chi connectivity index (χ3n) is 3.60. The molecule has 1 aliphatic heterocycles. The average molecular weight is 330 g/mol. The van der Waals surface area contributed by atoms with Crippen LogP contribution in [0.5, 0.6) is 0 Å². The van der Waals surface area contributed by atoms with E-state index in [0.717, 1.165) is 16.8 Å². The Labute approximate surface area is 138 Å². The second-order valence-corrected chi connectivity index (χ2v) is 6.61. The molecular weight excluding hydrogens is 312 g/mol. The summed E-state index contributed by atoms with van der Waals surface area (Å²) in [4.78, 5) is 24.8. The van der Waals surface area contributed by atoms with Crippen molar-refractivity contribution in [1.29, 1.82) is 0 Å². The number of aromatic carboxylic acids is 1. The van der Waals surface area contributed by atoms with E-state index in [1.807, 2.05) is 32.9 Å². The van der Waals surface area contributed by atoms with Crippen molar-refractivity contribution in [2.24, 2.45) is 0 Å². The van der Waals surface area contributed by atoms with Crippen LogP contribution in [0.25, 0.3) is 11.3 Å². The molecule has 3 rings (SSSR count). The van der Waals surface area contributed by atoms with Gasteiger partial charge in [0.25, 0.3) is 0 Å². The Kier molecular flexibility index (Phi) is 3.79. The smallest absolute Gasteiger partial charge is 0.414 e. The van der Waals surface area contributed by atoms with E-state index in [1.165, 1.54) is 6.07 Å². The van der Waals surface area contributed by atoms with Crippen LogP contribution in [0.3, 0.4) is 0 Å². The highest BCUT2D eigenvalue weighted by atomic mass is 16.6. The molecule has 0 bridgehead atoms. The van der Waals surface area contributed by atoms with Gasteiger partial charge in [-0.2, -0.15) is 0 Å². The predicted molar refractivity (Wildman–Crippen MR) is 86.2 cm³/mol. The first-order valence-electron chi connectivity index (χ1n) is 7.58. The van der Waals surface area contributed by atoms with Gasteiger partial charge in [-0.3, -0.25) is 4.90 Å². The summed E-state index contributed by atoms with van der Waals surface area (Å²) in [6, 6.07) is 6.84. The van der Waals surface area contributed by atoms with Gasteiger partial charge in [-0.15, -0.1) is 0 Å². The second-order valence-electron chi connectivity index (χ2n) is 6.61. The van der Waals surface area contributed by atoms with Crippen LogP contribution >= 0.6 is 0 Å². The minimum atomic E-state index is -1.14. The van der Waals surface area contributed by atoms with Crippen LogP contribution in [-0.2, 0) is 11.2 Å². The monoisotopic (exact) mass is 330 g/mol. The standard InChI is InChI=1S/C17H18N2O5/c1-17(2,3)23-16(22)19-7-6-10-8-11(4-5-13(10)19)14-9-12(15(20)21)18-24-14/h4-5,8-9H,6-7H2,1-3H3,(H,20,21). The molecule has 1 amide bonds. The number of carboxylic acid groups (broad SMARTS) is 1. The van der Waals surface area contributed by atoms with Crippen LogP contribution in [0.15, 0.2) is 28.8 Å². The number of benzene rings is 1. The van der Waals surface area contributed by atoms with Crippen molar-refractivity contribution >= 4 is 17.7 Å². The lowest BCUT2D eigenvalue weighted by Crippen LogP contribution is -2.35. The Balaban J connectivity index is 1.85. The van der Waals surface area contributed by atoms with E-state index in [1.54, 1.807) is 11.0 Å². The van der Waals surface area contributed by atoms with Gasteiger partial charge in [0.2, 0.25) is 0 Å². The number of ether oxygens (including phenoxy) is 1. The lowest BCUT2D eigenvalue weighted by Gasteiger charge is -2.24. The molecule has 24 heavy (non-hydrogen) atoms. The molecule has 7 nitrogen and oxygen atoms in total. The Morgan fingerprint density at radius 3 is 2.67 bits per heavy atom. The maximum Gasteiger partial charge on any atom is 0.414 e. The lowest BCUT2D eigenvalue weighted by atomic mass is 10.1. The first-order valence-corrected chi connectivity index (χ1v) is 7.58. The SMILES string of the molecule is CC(C)(C)OC(=O)N1CCc2cc(-c3cc(C(=O)O)no3)ccc21. The fourth-order valence-electron chi connectivity index (χ4n) is 2.57. The third kappa shape index (κ3) is 3.10. The summed E-state index contributed by atoms with van der Waals surface area (Å²) in [6.07, 6.45) is 0.323. The number of aromatic nitrogens is 1. The van der Waals surface area contributed by atoms with Crippen LogP contribution in [-0.4, -0.2) is 34.5 Å². The van der Waals surface area contributed by atoms with E-state index in [2.05, 4.69) is 5.16 Å². The highest BCUT2D eigenvalue weighted by Gasteiger charge is 2.29. The molecular formula is C17H18N2O5. The minimum absolute atomic E-state index is 0.138. The van der Waals surface area contributed by atoms with Crippen molar-refractivity contribution in [2.45, 2.75) is 32.8 Å². The first-order chi connectivity index (χ1) is 11.2. The zero-order chi connectivity index (χ0) is 17.5. The largest absolute Gasteiger partial charge is 0.476 e. The minimum Gasteiger partial charge on any atom is -0.476 e. The van der Waals surface area contributed by atoms with Gasteiger partial charge >= 0.3 is 12.1 Å². The van der Waals surface area contributed by atoms with E-state index < -0.39 is 11.6 Å². The summed E-state index contributed by atoms with van der Waals surface area (Å²) < 4.78 is 10.5. The molecule has 0 radical (unpaired) electrons. The maximum absolute atomic E-state index is 12.3. The van der Waals surface area contributed by atoms with Crippen LogP contribution in [0.2, 0.25) is 0 Å². The molecule has 0 spiro atoms. The Hall–Kier alpha value is -2.83. The summed E-state index contributed by atoms with van der Waals surface area (Å²) in [6.45, 7) is 6.03. The van der Waals surface area contributed by atoms with E-state index >= 15 is 0 Å². The number of carbonyl (C=O) groups excluding carboxylic acids is 1. The number of hydrogen-bond donors (Lipinski definition) is 1. The van der Waals surface area contributed by atoms with Gasteiger partial charge in [-0.1, -0.05) is 5.16 Å². The van der Waals surface area contributed by atoms with Gasteiger partial charge in [0.15, 0.2) is 11.5 Å². The van der Waals surface area contributed by atoms with E-state index in [9.17, 15) is 9.59 Å². The number of nitrogens with zero attached hydrogens (tertiary/aromatic N) is 2. The number of fused-ring (bicyclic) bond motifs is 1. The third-order valence-corrected chi connectivity index (χ3v) is 3.60. The number of carbonyl (C=O) groups is 2. The Morgan fingerprint density at radius 1 is 1.29 bits per heavy atom. The zero-order valence-electron chi connectivity index (χ0n) is 13.7. The Morgan fingerprint density at radius 2 is 2.04 bits per heavy atom. The van der Waals surface area contributed by atoms with Gasteiger partial charge in [0, 0.05) is 18.2 Å². The molecule has 0 fully saturated rings. The fraction of sp³-hybridized carbons (Fsp3) is 0.353. The number of carboxylic acids is 1. The number of rotatable bonds is 2. The van der Waals surface area contributed by atoms with Gasteiger partial charge in [0.1, 0.15) is 5.60 Å². The molecule has 0 aliphatic carbocycles. The molecule has 126 valence electrons. The summed E-state index contributed by atoms with van der Waals surface area (Å²) in [5.41, 5.74) is 1.81. The van der Waals surface area contributed by atoms with Gasteiger partial charge < -0.3 is 14.4 Å². The molecule has 2 heterocycles. The number of amides is 1. The maximum atomic E-state index is 12.3. The Bertz CT molecular complexity index is 804. The lowest BCUT2D eigenvalue weighted by molar-refractivity contribution is 0.0583. The van der Waals surface area contributed by atoms with Gasteiger partial charge in [-0.05, 0) is 51.0 Å². The van der Waals surface area contributed by atoms with Crippen LogP contribution < -0.4 is 4.90 Å². The quantitative estimate of drug-likeness (QED) is 0.908. The summed E-state index contributed by atoms with van der Waals surface area (Å²) in [5.74, 6) is -0.756. The highest BCUT2D eigenvalue weighted by molar-refractivity contribution is 5.91. The molecule has 1 aromatic carbocycles. The van der Waals surface area contributed by atoms with Crippen LogP contribution in [0.1, 0.15) is 36.8 Å². The van der Waals surface area contributed by atoms with E-state index in [0.29, 0.717) is 18.7 Å². The molecule has 0 saturated heterocycles. The van der Waals surface area contributed by atoms with E-state index in [4.69, 9.17) is 14.4 Å². The molecule has 1 aromatic heterocycles. The number of anilines is 1. The van der Waals surface area contributed by atoms with Gasteiger partial charge in [0.05, 0.1) is 5.69 Å². The normalized spacial score (nSPS) is 13.7. The molecule has 0 unspecified atom stereocenters. The van der Waals surface area contributed by atoms with Crippen LogP contribution in [0, 0.1) is 0 Å². The number of hydrogen-bond acceptors (Lipinski definition) is 5. The van der Waals surface area contributed by atoms with Crippen molar-refractivity contribution in [3.63, 3.8) is 0 Å². The van der Waals surface area contributed by atoms with Crippen molar-refractivity contribution in [3.05, 3.63) is 35.5 Å². The summed E-state index contributed by atoms with van der Waals surface area (Å²) in [7, 11) is 0. The van der Waals surface area contributed by atoms with Crippen molar-refractivity contribution < 1.29 is 24.0 Å². The predicted octanol–water partition coefficient (Wildman–Crippen LogP) is 3.34. The summed E-state index contributed by atoms with van der Waals surface area (Å²) >= 11 is 0.